The zero-order valence-electron chi connectivity index (χ0n) is 6.52. The predicted molar refractivity (Wildman–Crippen MR) is 50.3 cm³/mol. The number of imidazole rings is 1. The van der Waals surface area contributed by atoms with Gasteiger partial charge in [0.2, 0.25) is 0 Å². The molecule has 0 radical (unpaired) electrons. The van der Waals surface area contributed by atoms with E-state index in [1.165, 1.54) is 0 Å². The van der Waals surface area contributed by atoms with E-state index in [1.54, 1.807) is 6.33 Å². The molecule has 2 N–H and O–H groups in total. The largest absolute Gasteiger partial charge is 0.340 e. The van der Waals surface area contributed by atoms with Crippen molar-refractivity contribution in [3.05, 3.63) is 18.2 Å². The molecule has 0 bridgehead atoms. The molecule has 0 spiro atoms. The fourth-order valence-corrected chi connectivity index (χ4v) is 0.668. The van der Waals surface area contributed by atoms with E-state index >= 15 is 0 Å². The molecule has 1 heterocycles. The molecule has 0 unspecified atom stereocenters. The number of aryl methyl sites for hydroxylation is 1. The Hall–Kier alpha value is -0.250. The van der Waals surface area contributed by atoms with Gasteiger partial charge in [-0.25, -0.2) is 4.98 Å². The summed E-state index contributed by atoms with van der Waals surface area (Å²) in [5.74, 6) is 0. The van der Waals surface area contributed by atoms with Crippen LogP contribution in [0.4, 0.5) is 0 Å². The summed E-state index contributed by atoms with van der Waals surface area (Å²) in [4.78, 5) is 4.05. The minimum atomic E-state index is 0. The van der Waals surface area contributed by atoms with Crippen molar-refractivity contribution in [3.63, 3.8) is 0 Å². The van der Waals surface area contributed by atoms with Gasteiger partial charge in [-0.1, -0.05) is 0 Å². The molecular weight excluding hydrogens is 185 g/mol. The topological polar surface area (TPSA) is 43.8 Å². The molecule has 5 heteroatoms. The molecule has 0 saturated heterocycles. The summed E-state index contributed by atoms with van der Waals surface area (Å²) in [7, 11) is 1.93. The predicted octanol–water partition coefficient (Wildman–Crippen LogP) is 1.28. The van der Waals surface area contributed by atoms with Crippen LogP contribution in [0.1, 0.15) is 18.7 Å². The van der Waals surface area contributed by atoms with Crippen molar-refractivity contribution in [3.8, 4) is 0 Å². The van der Waals surface area contributed by atoms with Crippen molar-refractivity contribution in [1.29, 1.82) is 0 Å². The summed E-state index contributed by atoms with van der Waals surface area (Å²) in [6.07, 6.45) is 3.67. The maximum Gasteiger partial charge on any atom is 0.0947 e. The number of hydrogen-bond donors (Lipinski definition) is 1. The molecule has 0 amide bonds. The van der Waals surface area contributed by atoms with E-state index in [9.17, 15) is 0 Å². The lowest BCUT2D eigenvalue weighted by atomic mass is 10.3. The Labute approximate surface area is 78.8 Å². The Morgan fingerprint density at radius 3 is 2.27 bits per heavy atom. The van der Waals surface area contributed by atoms with Crippen LogP contribution in [0.5, 0.6) is 0 Å². The maximum atomic E-state index is 5.55. The Balaban J connectivity index is 0. The monoisotopic (exact) mass is 197 g/mol. The summed E-state index contributed by atoms with van der Waals surface area (Å²) < 4.78 is 1.89. The first-order chi connectivity index (χ1) is 4.20. The second kappa shape index (κ2) is 5.41. The molecule has 1 atom stereocenters. The lowest BCUT2D eigenvalue weighted by Crippen LogP contribution is -2.04. The SMILES string of the molecule is C[C@@H](N)c1cn(C)cn1.Cl.Cl. The smallest absolute Gasteiger partial charge is 0.0947 e. The van der Waals surface area contributed by atoms with Crippen LogP contribution in [-0.2, 0) is 7.05 Å². The lowest BCUT2D eigenvalue weighted by Gasteiger charge is -1.95. The number of aromatic nitrogens is 2. The first-order valence-electron chi connectivity index (χ1n) is 2.93. The van der Waals surface area contributed by atoms with Crippen LogP contribution in [0.2, 0.25) is 0 Å². The van der Waals surface area contributed by atoms with Gasteiger partial charge in [-0.05, 0) is 6.92 Å². The molecule has 1 aromatic heterocycles. The van der Waals surface area contributed by atoms with Gasteiger partial charge in [0.05, 0.1) is 12.0 Å². The van der Waals surface area contributed by atoms with Gasteiger partial charge in [0.1, 0.15) is 0 Å². The third-order valence-corrected chi connectivity index (χ3v) is 1.19. The highest BCUT2D eigenvalue weighted by Crippen LogP contribution is 2.03. The normalized spacial score (nSPS) is 11.2. The van der Waals surface area contributed by atoms with Crippen LogP contribution >= 0.6 is 24.8 Å². The average molecular weight is 198 g/mol. The zero-order valence-corrected chi connectivity index (χ0v) is 8.15. The molecule has 0 aliphatic rings. The van der Waals surface area contributed by atoms with Crippen LogP contribution < -0.4 is 5.73 Å². The Bertz CT molecular complexity index is 197. The van der Waals surface area contributed by atoms with Gasteiger partial charge in [0, 0.05) is 19.3 Å². The third-order valence-electron chi connectivity index (χ3n) is 1.19. The fraction of sp³-hybridized carbons (Fsp3) is 0.500. The van der Waals surface area contributed by atoms with Crippen LogP contribution in [0.25, 0.3) is 0 Å². The number of halogens is 2. The van der Waals surface area contributed by atoms with Crippen LogP contribution in [0.3, 0.4) is 0 Å². The van der Waals surface area contributed by atoms with Crippen LogP contribution in [-0.4, -0.2) is 9.55 Å². The first-order valence-corrected chi connectivity index (χ1v) is 2.93. The van der Waals surface area contributed by atoms with Gasteiger partial charge < -0.3 is 10.3 Å². The highest BCUT2D eigenvalue weighted by molar-refractivity contribution is 5.85. The third kappa shape index (κ3) is 3.60. The lowest BCUT2D eigenvalue weighted by molar-refractivity contribution is 0.786. The highest BCUT2D eigenvalue weighted by atomic mass is 35.5. The Morgan fingerprint density at radius 1 is 1.55 bits per heavy atom. The van der Waals surface area contributed by atoms with E-state index in [-0.39, 0.29) is 30.9 Å². The Morgan fingerprint density at radius 2 is 2.09 bits per heavy atom. The maximum absolute atomic E-state index is 5.55. The van der Waals surface area contributed by atoms with E-state index < -0.39 is 0 Å². The summed E-state index contributed by atoms with van der Waals surface area (Å²) >= 11 is 0. The average Bonchev–Trinajstić information content (AvgIpc) is 2.14. The van der Waals surface area contributed by atoms with Gasteiger partial charge in [0.15, 0.2) is 0 Å². The summed E-state index contributed by atoms with van der Waals surface area (Å²) in [6.45, 7) is 1.92. The molecule has 66 valence electrons. The van der Waals surface area contributed by atoms with Crippen molar-refractivity contribution in [1.82, 2.24) is 9.55 Å². The summed E-state index contributed by atoms with van der Waals surface area (Å²) in [5, 5.41) is 0. The number of hydrogen-bond acceptors (Lipinski definition) is 2. The van der Waals surface area contributed by atoms with Crippen molar-refractivity contribution < 1.29 is 0 Å². The quantitative estimate of drug-likeness (QED) is 0.738. The van der Waals surface area contributed by atoms with Crippen molar-refractivity contribution in [2.45, 2.75) is 13.0 Å². The summed E-state index contributed by atoms with van der Waals surface area (Å²) in [5.41, 5.74) is 6.49. The van der Waals surface area contributed by atoms with Gasteiger partial charge in [-0.15, -0.1) is 24.8 Å². The highest BCUT2D eigenvalue weighted by Gasteiger charge is 1.99. The molecule has 11 heavy (non-hydrogen) atoms. The van der Waals surface area contributed by atoms with Gasteiger partial charge >= 0.3 is 0 Å². The van der Waals surface area contributed by atoms with E-state index in [0.717, 1.165) is 5.69 Å². The summed E-state index contributed by atoms with van der Waals surface area (Å²) in [6, 6.07) is 0.0474. The van der Waals surface area contributed by atoms with E-state index in [1.807, 2.05) is 24.7 Å². The van der Waals surface area contributed by atoms with Gasteiger partial charge in [-0.3, -0.25) is 0 Å². The van der Waals surface area contributed by atoms with E-state index in [0.29, 0.717) is 0 Å². The van der Waals surface area contributed by atoms with E-state index in [4.69, 9.17) is 5.73 Å². The van der Waals surface area contributed by atoms with Crippen molar-refractivity contribution in [2.24, 2.45) is 12.8 Å². The zero-order chi connectivity index (χ0) is 6.85. The fourth-order valence-electron chi connectivity index (χ4n) is 0.668. The van der Waals surface area contributed by atoms with Crippen molar-refractivity contribution >= 4 is 24.8 Å². The number of nitrogens with zero attached hydrogens (tertiary/aromatic N) is 2. The molecule has 0 aliphatic carbocycles. The number of rotatable bonds is 1. The molecule has 0 fully saturated rings. The molecule has 3 nitrogen and oxygen atoms in total. The van der Waals surface area contributed by atoms with Crippen molar-refractivity contribution in [2.75, 3.05) is 0 Å². The van der Waals surface area contributed by atoms with Gasteiger partial charge in [-0.2, -0.15) is 0 Å². The second-order valence-corrected chi connectivity index (χ2v) is 2.25. The van der Waals surface area contributed by atoms with Crippen LogP contribution in [0.15, 0.2) is 12.5 Å². The first kappa shape index (κ1) is 13.3. The minimum absolute atomic E-state index is 0. The second-order valence-electron chi connectivity index (χ2n) is 2.25. The van der Waals surface area contributed by atoms with E-state index in [2.05, 4.69) is 4.98 Å². The Kier molecular flexibility index (Phi) is 6.56. The molecule has 0 aromatic carbocycles. The standard InChI is InChI=1S/C6H11N3.2ClH/c1-5(7)6-3-9(2)4-8-6;;/h3-5H,7H2,1-2H3;2*1H/t5-;;/m1../s1. The molecule has 0 saturated carbocycles. The minimum Gasteiger partial charge on any atom is -0.340 e. The molecule has 1 aromatic rings. The molecular formula is C6H13Cl2N3. The van der Waals surface area contributed by atoms with Gasteiger partial charge in [0.25, 0.3) is 0 Å². The van der Waals surface area contributed by atoms with Crippen LogP contribution in [0, 0.1) is 0 Å². The number of nitrogens with two attached hydrogens (primary N) is 1. The molecule has 1 rings (SSSR count). The molecule has 0 aliphatic heterocycles.